The van der Waals surface area contributed by atoms with Crippen LogP contribution in [0, 0.1) is 16.0 Å². The van der Waals surface area contributed by atoms with E-state index in [9.17, 15) is 10.1 Å². The number of aromatic nitrogens is 2. The van der Waals surface area contributed by atoms with Crippen molar-refractivity contribution in [2.75, 3.05) is 37.5 Å². The van der Waals surface area contributed by atoms with E-state index in [0.717, 1.165) is 19.3 Å². The number of methoxy groups -OCH3 is 2. The van der Waals surface area contributed by atoms with Gasteiger partial charge in [-0.05, 0) is 42.9 Å². The Morgan fingerprint density at radius 2 is 1.85 bits per heavy atom. The highest BCUT2D eigenvalue weighted by atomic mass is 16.6. The summed E-state index contributed by atoms with van der Waals surface area (Å²) < 4.78 is 10.7. The van der Waals surface area contributed by atoms with E-state index in [1.54, 1.807) is 25.3 Å². The standard InChI is InChI=1S/C24H27N5O4/c1-32-19-8-9-21(33-2)20(15-19)27-23-22(29(30)31)24(26-16-25-23)28-12-10-18(11-13-28)14-17-6-4-3-5-7-17/h3-9,15-16,18H,10-14H2,1-2H3,(H,25,26,27). The van der Waals surface area contributed by atoms with Gasteiger partial charge in [-0.2, -0.15) is 0 Å². The Hall–Kier alpha value is -3.88. The van der Waals surface area contributed by atoms with Crippen molar-refractivity contribution in [1.82, 2.24) is 9.97 Å². The fourth-order valence-corrected chi connectivity index (χ4v) is 4.20. The van der Waals surface area contributed by atoms with E-state index in [1.165, 1.54) is 19.0 Å². The Balaban J connectivity index is 1.55. The molecule has 172 valence electrons. The Labute approximate surface area is 192 Å². The summed E-state index contributed by atoms with van der Waals surface area (Å²) in [6.07, 6.45) is 4.27. The van der Waals surface area contributed by atoms with Crippen molar-refractivity contribution in [1.29, 1.82) is 0 Å². The van der Waals surface area contributed by atoms with Crippen LogP contribution in [0.25, 0.3) is 0 Å². The molecular weight excluding hydrogens is 422 g/mol. The molecule has 0 aliphatic carbocycles. The molecule has 0 radical (unpaired) electrons. The van der Waals surface area contributed by atoms with Gasteiger partial charge in [0.25, 0.3) is 0 Å². The van der Waals surface area contributed by atoms with E-state index < -0.39 is 4.92 Å². The molecule has 0 saturated carbocycles. The highest BCUT2D eigenvalue weighted by Crippen LogP contribution is 2.38. The summed E-state index contributed by atoms with van der Waals surface area (Å²) in [6.45, 7) is 1.41. The maximum atomic E-state index is 12.1. The van der Waals surface area contributed by atoms with Crippen LogP contribution in [-0.2, 0) is 6.42 Å². The fraction of sp³-hybridized carbons (Fsp3) is 0.333. The predicted molar refractivity (Wildman–Crippen MR) is 127 cm³/mol. The number of piperidine rings is 1. The number of nitrogens with zero attached hydrogens (tertiary/aromatic N) is 4. The Morgan fingerprint density at radius 1 is 1.09 bits per heavy atom. The molecule has 0 atom stereocenters. The molecule has 4 rings (SSSR count). The summed E-state index contributed by atoms with van der Waals surface area (Å²) in [5.41, 5.74) is 1.69. The molecule has 1 saturated heterocycles. The molecule has 33 heavy (non-hydrogen) atoms. The number of hydrogen-bond donors (Lipinski definition) is 1. The fourth-order valence-electron chi connectivity index (χ4n) is 4.20. The molecule has 0 bridgehead atoms. The van der Waals surface area contributed by atoms with E-state index in [2.05, 4.69) is 39.6 Å². The number of hydrogen-bond acceptors (Lipinski definition) is 8. The minimum atomic E-state index is -0.430. The SMILES string of the molecule is COc1ccc(OC)c(Nc2ncnc(N3CCC(Cc4ccccc4)CC3)c2[N+](=O)[O-])c1. The maximum absolute atomic E-state index is 12.1. The average Bonchev–Trinajstić information content (AvgIpc) is 2.85. The molecule has 0 spiro atoms. The summed E-state index contributed by atoms with van der Waals surface area (Å²) in [5, 5.41) is 15.1. The second kappa shape index (κ2) is 10.2. The first-order valence-electron chi connectivity index (χ1n) is 10.9. The second-order valence-electron chi connectivity index (χ2n) is 7.96. The van der Waals surface area contributed by atoms with Crippen LogP contribution in [-0.4, -0.2) is 42.2 Å². The van der Waals surface area contributed by atoms with Crippen molar-refractivity contribution in [3.8, 4) is 11.5 Å². The van der Waals surface area contributed by atoms with Crippen molar-refractivity contribution < 1.29 is 14.4 Å². The van der Waals surface area contributed by atoms with Crippen LogP contribution in [0.3, 0.4) is 0 Å². The molecular formula is C24H27N5O4. The lowest BCUT2D eigenvalue weighted by Gasteiger charge is -2.32. The molecule has 1 fully saturated rings. The van der Waals surface area contributed by atoms with Gasteiger partial charge in [0.1, 0.15) is 17.8 Å². The molecule has 2 heterocycles. The summed E-state index contributed by atoms with van der Waals surface area (Å²) in [6, 6.07) is 15.6. The van der Waals surface area contributed by atoms with Crippen LogP contribution < -0.4 is 19.7 Å². The first kappa shape index (κ1) is 22.3. The molecule has 2 aromatic carbocycles. The molecule has 1 aliphatic heterocycles. The molecule has 9 nitrogen and oxygen atoms in total. The highest BCUT2D eigenvalue weighted by Gasteiger charge is 2.30. The van der Waals surface area contributed by atoms with Gasteiger partial charge in [0.2, 0.25) is 11.6 Å². The quantitative estimate of drug-likeness (QED) is 0.393. The monoisotopic (exact) mass is 449 g/mol. The van der Waals surface area contributed by atoms with E-state index in [1.807, 2.05) is 11.0 Å². The Kier molecular flexibility index (Phi) is 6.87. The Morgan fingerprint density at radius 3 is 2.52 bits per heavy atom. The van der Waals surface area contributed by atoms with Gasteiger partial charge in [0.15, 0.2) is 0 Å². The molecule has 0 amide bonds. The number of nitro groups is 1. The average molecular weight is 450 g/mol. The van der Waals surface area contributed by atoms with Gasteiger partial charge in [0, 0.05) is 19.2 Å². The highest BCUT2D eigenvalue weighted by molar-refractivity contribution is 5.77. The lowest BCUT2D eigenvalue weighted by Crippen LogP contribution is -2.35. The van der Waals surface area contributed by atoms with Crippen LogP contribution >= 0.6 is 0 Å². The normalized spacial score (nSPS) is 14.1. The molecule has 1 N–H and O–H groups in total. The van der Waals surface area contributed by atoms with Crippen molar-refractivity contribution in [2.24, 2.45) is 5.92 Å². The summed E-state index contributed by atoms with van der Waals surface area (Å²) in [5.74, 6) is 2.10. The third-order valence-corrected chi connectivity index (χ3v) is 5.93. The van der Waals surface area contributed by atoms with Crippen LogP contribution in [0.2, 0.25) is 0 Å². The molecule has 9 heteroatoms. The van der Waals surface area contributed by atoms with E-state index >= 15 is 0 Å². The number of anilines is 3. The van der Waals surface area contributed by atoms with Gasteiger partial charge in [-0.3, -0.25) is 10.1 Å². The minimum Gasteiger partial charge on any atom is -0.497 e. The molecule has 0 unspecified atom stereocenters. The third kappa shape index (κ3) is 5.14. The van der Waals surface area contributed by atoms with Gasteiger partial charge in [-0.25, -0.2) is 9.97 Å². The van der Waals surface area contributed by atoms with E-state index in [4.69, 9.17) is 9.47 Å². The van der Waals surface area contributed by atoms with Gasteiger partial charge in [-0.1, -0.05) is 30.3 Å². The van der Waals surface area contributed by atoms with Crippen LogP contribution in [0.15, 0.2) is 54.9 Å². The predicted octanol–water partition coefficient (Wildman–Crippen LogP) is 4.60. The van der Waals surface area contributed by atoms with Crippen molar-refractivity contribution in [3.05, 3.63) is 70.5 Å². The van der Waals surface area contributed by atoms with Crippen LogP contribution in [0.1, 0.15) is 18.4 Å². The van der Waals surface area contributed by atoms with Crippen molar-refractivity contribution in [3.63, 3.8) is 0 Å². The van der Waals surface area contributed by atoms with E-state index in [0.29, 0.717) is 42.0 Å². The number of rotatable bonds is 8. The zero-order chi connectivity index (χ0) is 23.2. The van der Waals surface area contributed by atoms with Crippen molar-refractivity contribution in [2.45, 2.75) is 19.3 Å². The lowest BCUT2D eigenvalue weighted by atomic mass is 9.90. The van der Waals surface area contributed by atoms with E-state index in [-0.39, 0.29) is 11.5 Å². The number of benzene rings is 2. The Bertz CT molecular complexity index is 1100. The van der Waals surface area contributed by atoms with Crippen molar-refractivity contribution >= 4 is 23.0 Å². The summed E-state index contributed by atoms with van der Waals surface area (Å²) in [7, 11) is 3.09. The largest absolute Gasteiger partial charge is 0.497 e. The smallest absolute Gasteiger partial charge is 0.353 e. The zero-order valence-electron chi connectivity index (χ0n) is 18.7. The third-order valence-electron chi connectivity index (χ3n) is 5.93. The van der Waals surface area contributed by atoms with Gasteiger partial charge < -0.3 is 19.7 Å². The zero-order valence-corrected chi connectivity index (χ0v) is 18.7. The lowest BCUT2D eigenvalue weighted by molar-refractivity contribution is -0.383. The molecule has 3 aromatic rings. The van der Waals surface area contributed by atoms with Crippen LogP contribution in [0.4, 0.5) is 23.0 Å². The molecule has 1 aliphatic rings. The first-order valence-corrected chi connectivity index (χ1v) is 10.9. The van der Waals surface area contributed by atoms with Crippen LogP contribution in [0.5, 0.6) is 11.5 Å². The van der Waals surface area contributed by atoms with Gasteiger partial charge in [0.05, 0.1) is 24.8 Å². The topological polar surface area (TPSA) is 103 Å². The maximum Gasteiger partial charge on any atom is 0.353 e. The second-order valence-corrected chi connectivity index (χ2v) is 7.96. The minimum absolute atomic E-state index is 0.114. The molecule has 1 aromatic heterocycles. The summed E-state index contributed by atoms with van der Waals surface area (Å²) >= 11 is 0. The first-order chi connectivity index (χ1) is 16.1. The van der Waals surface area contributed by atoms with Gasteiger partial charge in [-0.15, -0.1) is 0 Å². The number of nitrogens with one attached hydrogen (secondary N) is 1. The number of ether oxygens (including phenoxy) is 2. The van der Waals surface area contributed by atoms with Gasteiger partial charge >= 0.3 is 5.69 Å². The summed E-state index contributed by atoms with van der Waals surface area (Å²) in [4.78, 5) is 22.1.